The van der Waals surface area contributed by atoms with Crippen LogP contribution in [0.25, 0.3) is 10.8 Å². The lowest BCUT2D eigenvalue weighted by molar-refractivity contribution is -0.383. The summed E-state index contributed by atoms with van der Waals surface area (Å²) in [5.74, 6) is -1.55. The molecule has 5 rings (SSSR count). The third-order valence-corrected chi connectivity index (χ3v) is 5.59. The standard InChI is InChI=1S/C25H15N3O6/c29-17-10-6-15(7-11-17)26-23(30)14-4-8-16(9-5-14)27-24(31)19-3-1-2-18-21(28(33)34)13-12-20(22(18)19)25(27)32/h1-13,29H,(H,26,30). The van der Waals surface area contributed by atoms with E-state index in [1.807, 2.05) is 0 Å². The molecule has 1 heterocycles. The van der Waals surface area contributed by atoms with E-state index in [9.17, 15) is 29.6 Å². The van der Waals surface area contributed by atoms with Gasteiger partial charge in [0.15, 0.2) is 0 Å². The Morgan fingerprint density at radius 3 is 2.15 bits per heavy atom. The fraction of sp³-hybridized carbons (Fsp3) is 0. The van der Waals surface area contributed by atoms with Crippen LogP contribution in [-0.2, 0) is 0 Å². The summed E-state index contributed by atoms with van der Waals surface area (Å²) in [6.07, 6.45) is 0. The lowest BCUT2D eigenvalue weighted by atomic mass is 9.92. The van der Waals surface area contributed by atoms with E-state index in [-0.39, 0.29) is 39.0 Å². The summed E-state index contributed by atoms with van der Waals surface area (Å²) < 4.78 is 0. The Morgan fingerprint density at radius 2 is 1.50 bits per heavy atom. The maximum Gasteiger partial charge on any atom is 0.277 e. The summed E-state index contributed by atoms with van der Waals surface area (Å²) in [5, 5.41) is 23.9. The molecule has 1 aliphatic heterocycles. The summed E-state index contributed by atoms with van der Waals surface area (Å²) in [5.41, 5.74) is 1.24. The van der Waals surface area contributed by atoms with Gasteiger partial charge in [-0.3, -0.25) is 24.5 Å². The second-order valence-electron chi connectivity index (χ2n) is 7.61. The van der Waals surface area contributed by atoms with Crippen LogP contribution in [0.2, 0.25) is 0 Å². The Labute approximate surface area is 192 Å². The number of imide groups is 1. The second kappa shape index (κ2) is 7.82. The molecule has 4 aromatic rings. The number of carbonyl (C=O) groups is 3. The van der Waals surface area contributed by atoms with Gasteiger partial charge in [0.2, 0.25) is 0 Å². The van der Waals surface area contributed by atoms with Crippen molar-refractivity contribution >= 4 is 45.6 Å². The van der Waals surface area contributed by atoms with E-state index >= 15 is 0 Å². The molecule has 3 amide bonds. The molecule has 9 heteroatoms. The van der Waals surface area contributed by atoms with E-state index in [1.54, 1.807) is 12.1 Å². The highest BCUT2D eigenvalue weighted by molar-refractivity contribution is 6.36. The Morgan fingerprint density at radius 1 is 0.853 bits per heavy atom. The summed E-state index contributed by atoms with van der Waals surface area (Å²) in [6, 6.07) is 19.1. The molecule has 2 N–H and O–H groups in total. The van der Waals surface area contributed by atoms with Crippen LogP contribution in [-0.4, -0.2) is 27.8 Å². The van der Waals surface area contributed by atoms with Crippen molar-refractivity contribution < 1.29 is 24.4 Å². The maximum atomic E-state index is 13.2. The number of rotatable bonds is 4. The average Bonchev–Trinajstić information content (AvgIpc) is 2.84. The van der Waals surface area contributed by atoms with E-state index in [4.69, 9.17) is 0 Å². The van der Waals surface area contributed by atoms with Gasteiger partial charge in [0.1, 0.15) is 5.75 Å². The lowest BCUT2D eigenvalue weighted by Gasteiger charge is -2.27. The molecule has 0 fully saturated rings. The largest absolute Gasteiger partial charge is 0.508 e. The van der Waals surface area contributed by atoms with Gasteiger partial charge in [-0.2, -0.15) is 0 Å². The molecule has 0 atom stereocenters. The molecule has 0 aromatic heterocycles. The Balaban J connectivity index is 1.47. The van der Waals surface area contributed by atoms with Gasteiger partial charge in [-0.25, -0.2) is 4.90 Å². The number of hydrogen-bond donors (Lipinski definition) is 2. The van der Waals surface area contributed by atoms with Gasteiger partial charge in [0.25, 0.3) is 23.4 Å². The molecule has 0 radical (unpaired) electrons. The van der Waals surface area contributed by atoms with Crippen LogP contribution in [0.4, 0.5) is 17.1 Å². The van der Waals surface area contributed by atoms with Crippen molar-refractivity contribution in [2.45, 2.75) is 0 Å². The molecule has 0 saturated carbocycles. The average molecular weight is 453 g/mol. The van der Waals surface area contributed by atoms with E-state index in [1.165, 1.54) is 66.7 Å². The number of aromatic hydroxyl groups is 1. The SMILES string of the molecule is O=C(Nc1ccc(O)cc1)c1ccc(N2C(=O)c3cccc4c([N+](=O)[O-])ccc(c34)C2=O)cc1. The zero-order valence-corrected chi connectivity index (χ0v) is 17.4. The van der Waals surface area contributed by atoms with E-state index in [2.05, 4.69) is 5.32 Å². The van der Waals surface area contributed by atoms with Gasteiger partial charge in [-0.15, -0.1) is 0 Å². The highest BCUT2D eigenvalue weighted by atomic mass is 16.6. The van der Waals surface area contributed by atoms with Crippen LogP contribution in [0.5, 0.6) is 5.75 Å². The second-order valence-corrected chi connectivity index (χ2v) is 7.61. The van der Waals surface area contributed by atoms with Gasteiger partial charge in [-0.05, 0) is 66.7 Å². The van der Waals surface area contributed by atoms with Crippen molar-refractivity contribution in [2.24, 2.45) is 0 Å². The van der Waals surface area contributed by atoms with Crippen molar-refractivity contribution in [3.63, 3.8) is 0 Å². The number of phenols is 1. The van der Waals surface area contributed by atoms with Crippen LogP contribution in [0, 0.1) is 10.1 Å². The summed E-state index contributed by atoms with van der Waals surface area (Å²) in [4.78, 5) is 50.8. The molecule has 34 heavy (non-hydrogen) atoms. The summed E-state index contributed by atoms with van der Waals surface area (Å²) >= 11 is 0. The van der Waals surface area contributed by atoms with Gasteiger partial charge in [0, 0.05) is 33.8 Å². The van der Waals surface area contributed by atoms with Gasteiger partial charge < -0.3 is 10.4 Å². The van der Waals surface area contributed by atoms with Gasteiger partial charge in [-0.1, -0.05) is 6.07 Å². The smallest absolute Gasteiger partial charge is 0.277 e. The minimum absolute atomic E-state index is 0.0742. The molecule has 0 bridgehead atoms. The quantitative estimate of drug-likeness (QED) is 0.202. The van der Waals surface area contributed by atoms with Gasteiger partial charge >= 0.3 is 0 Å². The number of nitro groups is 1. The molecule has 0 spiro atoms. The molecule has 0 aliphatic carbocycles. The topological polar surface area (TPSA) is 130 Å². The normalized spacial score (nSPS) is 12.6. The zero-order chi connectivity index (χ0) is 24.0. The maximum absolute atomic E-state index is 13.2. The number of carbonyl (C=O) groups excluding carboxylic acids is 3. The van der Waals surface area contributed by atoms with Crippen molar-refractivity contribution in [1.29, 1.82) is 0 Å². The number of hydrogen-bond acceptors (Lipinski definition) is 6. The molecule has 4 aromatic carbocycles. The highest BCUT2D eigenvalue weighted by Gasteiger charge is 2.35. The minimum atomic E-state index is -0.607. The number of nitro benzene ring substituents is 1. The monoisotopic (exact) mass is 453 g/mol. The first-order chi connectivity index (χ1) is 16.3. The van der Waals surface area contributed by atoms with E-state index in [0.717, 1.165) is 4.90 Å². The highest BCUT2D eigenvalue weighted by Crippen LogP contribution is 2.36. The van der Waals surface area contributed by atoms with Crippen molar-refractivity contribution in [1.82, 2.24) is 0 Å². The molecule has 166 valence electrons. The van der Waals surface area contributed by atoms with Crippen LogP contribution in [0.1, 0.15) is 31.1 Å². The van der Waals surface area contributed by atoms with E-state index < -0.39 is 22.6 Å². The van der Waals surface area contributed by atoms with Gasteiger partial charge in [0.05, 0.1) is 16.0 Å². The lowest BCUT2D eigenvalue weighted by Crippen LogP contribution is -2.40. The predicted octanol–water partition coefficient (Wildman–Crippen LogP) is 4.51. The van der Waals surface area contributed by atoms with Crippen LogP contribution in [0.15, 0.2) is 78.9 Å². The first-order valence-electron chi connectivity index (χ1n) is 10.1. The number of amides is 3. The fourth-order valence-corrected chi connectivity index (χ4v) is 3.98. The third kappa shape index (κ3) is 3.32. The Bertz CT molecular complexity index is 1490. The summed E-state index contributed by atoms with van der Waals surface area (Å²) in [6.45, 7) is 0. The number of non-ortho nitro benzene ring substituents is 1. The number of phenolic OH excluding ortho intramolecular Hbond substituents is 1. The van der Waals surface area contributed by atoms with Crippen LogP contribution >= 0.6 is 0 Å². The van der Waals surface area contributed by atoms with Crippen molar-refractivity contribution in [3.8, 4) is 5.75 Å². The fourth-order valence-electron chi connectivity index (χ4n) is 3.98. The minimum Gasteiger partial charge on any atom is -0.508 e. The molecule has 1 aliphatic rings. The Hall–Kier alpha value is -5.05. The predicted molar refractivity (Wildman–Crippen MR) is 124 cm³/mol. The summed E-state index contributed by atoms with van der Waals surface area (Å²) in [7, 11) is 0. The number of anilines is 2. The van der Waals surface area contributed by atoms with Crippen molar-refractivity contribution in [3.05, 3.63) is 106 Å². The first-order valence-corrected chi connectivity index (χ1v) is 10.1. The van der Waals surface area contributed by atoms with Crippen molar-refractivity contribution in [2.75, 3.05) is 10.2 Å². The third-order valence-electron chi connectivity index (χ3n) is 5.59. The number of nitrogens with zero attached hydrogens (tertiary/aromatic N) is 2. The van der Waals surface area contributed by atoms with E-state index in [0.29, 0.717) is 11.3 Å². The van der Waals surface area contributed by atoms with Crippen LogP contribution < -0.4 is 10.2 Å². The number of benzene rings is 4. The molecule has 0 saturated heterocycles. The molecule has 0 unspecified atom stereocenters. The zero-order valence-electron chi connectivity index (χ0n) is 17.4. The Kier molecular flexibility index (Phi) is 4.79. The molecular formula is C25H15N3O6. The molecule has 9 nitrogen and oxygen atoms in total. The van der Waals surface area contributed by atoms with Crippen LogP contribution in [0.3, 0.4) is 0 Å². The number of nitrogens with one attached hydrogen (secondary N) is 1. The first kappa shape index (κ1) is 20.8. The molecular weight excluding hydrogens is 438 g/mol.